The number of nitriles is 1. The van der Waals surface area contributed by atoms with Gasteiger partial charge in [0.05, 0.1) is 16.5 Å². The minimum absolute atomic E-state index is 0.173. The molecule has 0 heterocycles. The van der Waals surface area contributed by atoms with E-state index in [1.165, 1.54) is 18.2 Å². The van der Waals surface area contributed by atoms with E-state index in [1.54, 1.807) is 6.92 Å². The van der Waals surface area contributed by atoms with Gasteiger partial charge in [-0.3, -0.25) is 0 Å². The Bertz CT molecular complexity index is 805. The maximum Gasteiger partial charge on any atom is 0.240 e. The van der Waals surface area contributed by atoms with E-state index in [4.69, 9.17) is 5.26 Å². The van der Waals surface area contributed by atoms with Gasteiger partial charge in [0.2, 0.25) is 10.0 Å². The lowest BCUT2D eigenvalue weighted by molar-refractivity contribution is 0.581. The molecule has 0 aliphatic rings. The van der Waals surface area contributed by atoms with Crippen molar-refractivity contribution in [2.45, 2.75) is 25.3 Å². The maximum absolute atomic E-state index is 12.2. The SMILES string of the molecule is Cc1cccc(CNS(=O)(=O)c2ccc(C#N)c(C)c2)c1. The van der Waals surface area contributed by atoms with Gasteiger partial charge in [-0.25, -0.2) is 13.1 Å². The van der Waals surface area contributed by atoms with Crippen molar-refractivity contribution < 1.29 is 8.42 Å². The molecule has 0 unspecified atom stereocenters. The predicted molar refractivity (Wildman–Crippen MR) is 81.1 cm³/mol. The monoisotopic (exact) mass is 300 g/mol. The fourth-order valence-electron chi connectivity index (χ4n) is 2.01. The predicted octanol–water partition coefficient (Wildman–Crippen LogP) is 2.65. The second-order valence-electron chi connectivity index (χ2n) is 4.90. The molecule has 0 atom stereocenters. The molecule has 4 nitrogen and oxygen atoms in total. The molecule has 21 heavy (non-hydrogen) atoms. The number of hydrogen-bond donors (Lipinski definition) is 1. The minimum Gasteiger partial charge on any atom is -0.207 e. The zero-order valence-corrected chi connectivity index (χ0v) is 12.7. The summed E-state index contributed by atoms with van der Waals surface area (Å²) in [4.78, 5) is 0.173. The van der Waals surface area contributed by atoms with Crippen molar-refractivity contribution in [3.63, 3.8) is 0 Å². The fourth-order valence-corrected chi connectivity index (χ4v) is 3.12. The molecular weight excluding hydrogens is 284 g/mol. The quantitative estimate of drug-likeness (QED) is 0.943. The number of rotatable bonds is 4. The summed E-state index contributed by atoms with van der Waals surface area (Å²) < 4.78 is 27.1. The van der Waals surface area contributed by atoms with E-state index in [0.717, 1.165) is 11.1 Å². The Morgan fingerprint density at radius 2 is 1.90 bits per heavy atom. The molecule has 0 amide bonds. The van der Waals surface area contributed by atoms with Gasteiger partial charge in [0, 0.05) is 6.54 Å². The molecule has 0 saturated heterocycles. The van der Waals surface area contributed by atoms with E-state index in [0.29, 0.717) is 11.1 Å². The number of aryl methyl sites for hydroxylation is 2. The highest BCUT2D eigenvalue weighted by atomic mass is 32.2. The van der Waals surface area contributed by atoms with Crippen molar-refractivity contribution in [3.8, 4) is 6.07 Å². The Labute approximate surface area is 125 Å². The molecule has 108 valence electrons. The number of nitrogens with one attached hydrogen (secondary N) is 1. The van der Waals surface area contributed by atoms with Crippen LogP contribution in [0.1, 0.15) is 22.3 Å². The summed E-state index contributed by atoms with van der Waals surface area (Å²) in [5.41, 5.74) is 3.12. The molecule has 0 radical (unpaired) electrons. The lowest BCUT2D eigenvalue weighted by Crippen LogP contribution is -2.23. The fraction of sp³-hybridized carbons (Fsp3) is 0.188. The Morgan fingerprint density at radius 1 is 1.14 bits per heavy atom. The van der Waals surface area contributed by atoms with Crippen molar-refractivity contribution in [3.05, 3.63) is 64.7 Å². The standard InChI is InChI=1S/C16H16N2O2S/c1-12-4-3-5-14(8-12)11-18-21(19,20)16-7-6-15(10-17)13(2)9-16/h3-9,18H,11H2,1-2H3. The molecule has 2 rings (SSSR count). The molecule has 0 aromatic heterocycles. The molecule has 2 aromatic rings. The molecule has 1 N–H and O–H groups in total. The van der Waals surface area contributed by atoms with Crippen molar-refractivity contribution in [2.75, 3.05) is 0 Å². The Morgan fingerprint density at radius 3 is 2.52 bits per heavy atom. The first kappa shape index (κ1) is 15.2. The second kappa shape index (κ2) is 6.08. The Hall–Kier alpha value is -2.16. The number of benzene rings is 2. The normalized spacial score (nSPS) is 11.1. The van der Waals surface area contributed by atoms with E-state index >= 15 is 0 Å². The van der Waals surface area contributed by atoms with Crippen molar-refractivity contribution in [1.82, 2.24) is 4.72 Å². The van der Waals surface area contributed by atoms with Crippen LogP contribution in [0, 0.1) is 25.2 Å². The zero-order valence-electron chi connectivity index (χ0n) is 11.9. The van der Waals surface area contributed by atoms with E-state index in [9.17, 15) is 8.42 Å². The molecule has 0 saturated carbocycles. The van der Waals surface area contributed by atoms with Gasteiger partial charge in [-0.15, -0.1) is 0 Å². The van der Waals surface area contributed by atoms with Crippen LogP contribution in [0.3, 0.4) is 0 Å². The molecule has 0 aliphatic heterocycles. The minimum atomic E-state index is -3.58. The summed E-state index contributed by atoms with van der Waals surface area (Å²) in [6, 6.07) is 14.2. The van der Waals surface area contributed by atoms with Crippen LogP contribution in [0.15, 0.2) is 47.4 Å². The molecule has 0 bridgehead atoms. The summed E-state index contributed by atoms with van der Waals surface area (Å²) >= 11 is 0. The zero-order chi connectivity index (χ0) is 15.5. The highest BCUT2D eigenvalue weighted by Gasteiger charge is 2.14. The highest BCUT2D eigenvalue weighted by Crippen LogP contribution is 2.15. The van der Waals surface area contributed by atoms with Gasteiger partial charge >= 0.3 is 0 Å². The van der Waals surface area contributed by atoms with E-state index in [-0.39, 0.29) is 11.4 Å². The molecular formula is C16H16N2O2S. The van der Waals surface area contributed by atoms with Crippen molar-refractivity contribution in [1.29, 1.82) is 5.26 Å². The largest absolute Gasteiger partial charge is 0.240 e. The van der Waals surface area contributed by atoms with Gasteiger partial charge in [-0.2, -0.15) is 5.26 Å². The smallest absolute Gasteiger partial charge is 0.207 e. The average Bonchev–Trinajstić information content (AvgIpc) is 2.45. The lowest BCUT2D eigenvalue weighted by Gasteiger charge is -2.08. The molecule has 5 heteroatoms. The van der Waals surface area contributed by atoms with Gasteiger partial charge < -0.3 is 0 Å². The molecule has 0 aliphatic carbocycles. The number of sulfonamides is 1. The van der Waals surface area contributed by atoms with Gasteiger partial charge in [0.15, 0.2) is 0 Å². The van der Waals surface area contributed by atoms with Gasteiger partial charge in [0.25, 0.3) is 0 Å². The van der Waals surface area contributed by atoms with Gasteiger partial charge in [-0.05, 0) is 43.2 Å². The first-order chi connectivity index (χ1) is 9.92. The average molecular weight is 300 g/mol. The highest BCUT2D eigenvalue weighted by molar-refractivity contribution is 7.89. The van der Waals surface area contributed by atoms with Crippen LogP contribution in [0.5, 0.6) is 0 Å². The third-order valence-electron chi connectivity index (χ3n) is 3.18. The first-order valence-electron chi connectivity index (χ1n) is 6.48. The second-order valence-corrected chi connectivity index (χ2v) is 6.67. The van der Waals surface area contributed by atoms with E-state index < -0.39 is 10.0 Å². The summed E-state index contributed by atoms with van der Waals surface area (Å²) in [7, 11) is -3.58. The summed E-state index contributed by atoms with van der Waals surface area (Å²) in [6.45, 7) is 3.92. The summed E-state index contributed by atoms with van der Waals surface area (Å²) in [5, 5.41) is 8.88. The third-order valence-corrected chi connectivity index (χ3v) is 4.58. The van der Waals surface area contributed by atoms with Crippen LogP contribution in [0.25, 0.3) is 0 Å². The third kappa shape index (κ3) is 3.69. The van der Waals surface area contributed by atoms with Gasteiger partial charge in [0.1, 0.15) is 0 Å². The van der Waals surface area contributed by atoms with Crippen molar-refractivity contribution >= 4 is 10.0 Å². The van der Waals surface area contributed by atoms with E-state index in [2.05, 4.69) is 4.72 Å². The first-order valence-corrected chi connectivity index (χ1v) is 7.96. The Kier molecular flexibility index (Phi) is 4.41. The topological polar surface area (TPSA) is 70.0 Å². The lowest BCUT2D eigenvalue weighted by atomic mass is 10.1. The molecule has 0 spiro atoms. The van der Waals surface area contributed by atoms with Crippen LogP contribution >= 0.6 is 0 Å². The summed E-state index contributed by atoms with van der Waals surface area (Å²) in [5.74, 6) is 0. The van der Waals surface area contributed by atoms with Gasteiger partial charge in [-0.1, -0.05) is 29.8 Å². The summed E-state index contributed by atoms with van der Waals surface area (Å²) in [6.07, 6.45) is 0. The number of nitrogens with zero attached hydrogens (tertiary/aromatic N) is 1. The van der Waals surface area contributed by atoms with Crippen LogP contribution in [-0.2, 0) is 16.6 Å². The van der Waals surface area contributed by atoms with E-state index in [1.807, 2.05) is 37.3 Å². The molecule has 2 aromatic carbocycles. The van der Waals surface area contributed by atoms with Crippen LogP contribution in [-0.4, -0.2) is 8.42 Å². The van der Waals surface area contributed by atoms with Crippen molar-refractivity contribution in [2.24, 2.45) is 0 Å². The van der Waals surface area contributed by atoms with Crippen LogP contribution in [0.2, 0.25) is 0 Å². The van der Waals surface area contributed by atoms with Crippen LogP contribution in [0.4, 0.5) is 0 Å². The Balaban J connectivity index is 2.19. The number of hydrogen-bond acceptors (Lipinski definition) is 3. The van der Waals surface area contributed by atoms with Crippen LogP contribution < -0.4 is 4.72 Å². The molecule has 0 fully saturated rings. The maximum atomic E-state index is 12.2.